The third-order valence-corrected chi connectivity index (χ3v) is 5.88. The molecule has 2 aromatic carbocycles. The lowest BCUT2D eigenvalue weighted by molar-refractivity contribution is 0.307. The van der Waals surface area contributed by atoms with E-state index in [1.165, 1.54) is 4.88 Å². The van der Waals surface area contributed by atoms with Crippen LogP contribution in [0.5, 0.6) is 5.88 Å². The summed E-state index contributed by atoms with van der Waals surface area (Å²) in [6.07, 6.45) is 0.790. The SMILES string of the molecule is Cc1ncsc1CCOc1nn2c(-c3ccccc3)nnc2cc1-c1ccccc1. The molecule has 0 aliphatic carbocycles. The Kier molecular flexibility index (Phi) is 4.94. The largest absolute Gasteiger partial charge is 0.476 e. The van der Waals surface area contributed by atoms with Crippen LogP contribution in [0.3, 0.4) is 0 Å². The zero-order chi connectivity index (χ0) is 20.3. The summed E-state index contributed by atoms with van der Waals surface area (Å²) in [5.41, 5.74) is 6.49. The molecule has 148 valence electrons. The summed E-state index contributed by atoms with van der Waals surface area (Å²) in [5, 5.41) is 13.5. The van der Waals surface area contributed by atoms with E-state index in [-0.39, 0.29) is 0 Å². The van der Waals surface area contributed by atoms with E-state index in [1.807, 2.05) is 79.2 Å². The molecule has 0 unspecified atom stereocenters. The van der Waals surface area contributed by atoms with Crippen molar-refractivity contribution in [1.29, 1.82) is 0 Å². The van der Waals surface area contributed by atoms with E-state index in [2.05, 4.69) is 15.2 Å². The molecule has 0 spiro atoms. The van der Waals surface area contributed by atoms with Gasteiger partial charge in [-0.15, -0.1) is 26.6 Å². The molecule has 0 aliphatic rings. The highest BCUT2D eigenvalue weighted by atomic mass is 32.1. The molecule has 7 heteroatoms. The van der Waals surface area contributed by atoms with E-state index >= 15 is 0 Å². The standard InChI is InChI=1S/C23H19N5OS/c1-16-20(30-15-24-16)12-13-29-23-19(17-8-4-2-5-9-17)14-21-25-26-22(28(21)27-23)18-10-6-3-7-11-18/h2-11,14-15H,12-13H2,1H3. The Morgan fingerprint density at radius 2 is 1.67 bits per heavy atom. The highest BCUT2D eigenvalue weighted by molar-refractivity contribution is 7.09. The van der Waals surface area contributed by atoms with Gasteiger partial charge in [0, 0.05) is 22.4 Å². The molecule has 0 saturated heterocycles. The van der Waals surface area contributed by atoms with Crippen LogP contribution in [0.4, 0.5) is 0 Å². The van der Waals surface area contributed by atoms with Crippen LogP contribution in [-0.4, -0.2) is 31.4 Å². The number of hydrogen-bond donors (Lipinski definition) is 0. The van der Waals surface area contributed by atoms with Gasteiger partial charge in [-0.2, -0.15) is 4.52 Å². The Labute approximate surface area is 177 Å². The maximum Gasteiger partial charge on any atom is 0.239 e. The summed E-state index contributed by atoms with van der Waals surface area (Å²) in [5.74, 6) is 1.25. The minimum absolute atomic E-state index is 0.518. The zero-order valence-electron chi connectivity index (χ0n) is 16.4. The smallest absolute Gasteiger partial charge is 0.239 e. The summed E-state index contributed by atoms with van der Waals surface area (Å²) < 4.78 is 7.92. The normalized spacial score (nSPS) is 11.1. The Balaban J connectivity index is 1.55. The molecule has 0 N–H and O–H groups in total. The molecule has 6 nitrogen and oxygen atoms in total. The molecular weight excluding hydrogens is 394 g/mol. The molecule has 0 fully saturated rings. The van der Waals surface area contributed by atoms with Gasteiger partial charge in [0.15, 0.2) is 11.5 Å². The third kappa shape index (κ3) is 3.55. The van der Waals surface area contributed by atoms with Gasteiger partial charge in [0.05, 0.1) is 17.8 Å². The average Bonchev–Trinajstić information content (AvgIpc) is 3.40. The van der Waals surface area contributed by atoms with Crippen LogP contribution in [0.25, 0.3) is 28.2 Å². The summed E-state index contributed by atoms with van der Waals surface area (Å²) >= 11 is 1.65. The third-order valence-electron chi connectivity index (χ3n) is 4.89. The van der Waals surface area contributed by atoms with Gasteiger partial charge in [-0.25, -0.2) is 4.98 Å². The van der Waals surface area contributed by atoms with Crippen molar-refractivity contribution in [3.05, 3.63) is 82.8 Å². The van der Waals surface area contributed by atoms with Gasteiger partial charge in [-0.05, 0) is 18.6 Å². The number of nitrogens with zero attached hydrogens (tertiary/aromatic N) is 5. The van der Waals surface area contributed by atoms with Crippen molar-refractivity contribution in [3.8, 4) is 28.4 Å². The lowest BCUT2D eigenvalue weighted by Gasteiger charge is -2.11. The number of ether oxygens (including phenoxy) is 1. The van der Waals surface area contributed by atoms with Crippen molar-refractivity contribution >= 4 is 17.0 Å². The van der Waals surface area contributed by atoms with E-state index in [9.17, 15) is 0 Å². The molecular formula is C23H19N5OS. The molecule has 5 rings (SSSR count). The van der Waals surface area contributed by atoms with Crippen LogP contribution in [0.15, 0.2) is 72.2 Å². The Hall–Kier alpha value is -3.58. The van der Waals surface area contributed by atoms with Gasteiger partial charge < -0.3 is 4.74 Å². The van der Waals surface area contributed by atoms with Gasteiger partial charge in [-0.3, -0.25) is 0 Å². The first-order chi connectivity index (χ1) is 14.8. The fraction of sp³-hybridized carbons (Fsp3) is 0.130. The van der Waals surface area contributed by atoms with Crippen molar-refractivity contribution in [2.24, 2.45) is 0 Å². The van der Waals surface area contributed by atoms with Gasteiger partial charge in [-0.1, -0.05) is 60.7 Å². The lowest BCUT2D eigenvalue weighted by atomic mass is 10.1. The number of aromatic nitrogens is 5. The summed E-state index contributed by atoms with van der Waals surface area (Å²) in [6, 6.07) is 22.0. The number of fused-ring (bicyclic) bond motifs is 1. The maximum atomic E-state index is 6.18. The minimum atomic E-state index is 0.518. The van der Waals surface area contributed by atoms with Crippen LogP contribution in [0.2, 0.25) is 0 Å². The fourth-order valence-corrected chi connectivity index (χ4v) is 4.08. The molecule has 0 radical (unpaired) electrons. The van der Waals surface area contributed by atoms with E-state index in [1.54, 1.807) is 15.9 Å². The van der Waals surface area contributed by atoms with Crippen molar-refractivity contribution in [2.75, 3.05) is 6.61 Å². The molecule has 0 bridgehead atoms. The quantitative estimate of drug-likeness (QED) is 0.398. The highest BCUT2D eigenvalue weighted by Crippen LogP contribution is 2.30. The van der Waals surface area contributed by atoms with Crippen molar-refractivity contribution in [3.63, 3.8) is 0 Å². The second kappa shape index (κ2) is 8.04. The number of rotatable bonds is 6. The minimum Gasteiger partial charge on any atom is -0.476 e. The van der Waals surface area contributed by atoms with Crippen molar-refractivity contribution in [2.45, 2.75) is 13.3 Å². The van der Waals surface area contributed by atoms with E-state index in [0.717, 1.165) is 28.8 Å². The Bertz CT molecular complexity index is 1280. The molecule has 5 aromatic rings. The van der Waals surface area contributed by atoms with E-state index in [4.69, 9.17) is 9.84 Å². The van der Waals surface area contributed by atoms with Crippen LogP contribution >= 0.6 is 11.3 Å². The van der Waals surface area contributed by atoms with Gasteiger partial charge in [0.25, 0.3) is 0 Å². The second-order valence-electron chi connectivity index (χ2n) is 6.85. The van der Waals surface area contributed by atoms with Crippen molar-refractivity contribution < 1.29 is 4.74 Å². The van der Waals surface area contributed by atoms with Crippen LogP contribution in [0.1, 0.15) is 10.6 Å². The van der Waals surface area contributed by atoms with Gasteiger partial charge in [0.1, 0.15) is 0 Å². The molecule has 0 aliphatic heterocycles. The first-order valence-corrected chi connectivity index (χ1v) is 10.6. The van der Waals surface area contributed by atoms with Crippen LogP contribution in [-0.2, 0) is 6.42 Å². The fourth-order valence-electron chi connectivity index (χ4n) is 3.32. The Morgan fingerprint density at radius 3 is 2.37 bits per heavy atom. The second-order valence-corrected chi connectivity index (χ2v) is 7.79. The molecule has 3 heterocycles. The monoisotopic (exact) mass is 413 g/mol. The number of benzene rings is 2. The van der Waals surface area contributed by atoms with Crippen LogP contribution in [0, 0.1) is 6.92 Å². The molecule has 30 heavy (non-hydrogen) atoms. The topological polar surface area (TPSA) is 65.2 Å². The first-order valence-electron chi connectivity index (χ1n) is 9.68. The lowest BCUT2D eigenvalue weighted by Crippen LogP contribution is -2.07. The summed E-state index contributed by atoms with van der Waals surface area (Å²) in [6.45, 7) is 2.54. The zero-order valence-corrected chi connectivity index (χ0v) is 17.2. The van der Waals surface area contributed by atoms with E-state index < -0.39 is 0 Å². The number of aryl methyl sites for hydroxylation is 1. The molecule has 0 saturated carbocycles. The predicted molar refractivity (Wildman–Crippen MR) is 118 cm³/mol. The van der Waals surface area contributed by atoms with Gasteiger partial charge in [0.2, 0.25) is 5.88 Å². The predicted octanol–water partition coefficient (Wildman–Crippen LogP) is 4.84. The number of hydrogen-bond acceptors (Lipinski definition) is 6. The summed E-state index contributed by atoms with van der Waals surface area (Å²) in [4.78, 5) is 5.54. The highest BCUT2D eigenvalue weighted by Gasteiger charge is 2.16. The first kappa shape index (κ1) is 18.4. The molecule has 3 aromatic heterocycles. The average molecular weight is 414 g/mol. The molecule has 0 amide bonds. The number of thiazole rings is 1. The molecule has 0 atom stereocenters. The van der Waals surface area contributed by atoms with Gasteiger partial charge >= 0.3 is 0 Å². The maximum absolute atomic E-state index is 6.18. The van der Waals surface area contributed by atoms with E-state index in [0.29, 0.717) is 24.0 Å². The van der Waals surface area contributed by atoms with Crippen molar-refractivity contribution in [1.82, 2.24) is 24.8 Å². The summed E-state index contributed by atoms with van der Waals surface area (Å²) in [7, 11) is 0. The van der Waals surface area contributed by atoms with Crippen LogP contribution < -0.4 is 4.74 Å². The Morgan fingerprint density at radius 1 is 0.933 bits per heavy atom.